The van der Waals surface area contributed by atoms with E-state index in [2.05, 4.69) is 15.9 Å². The third-order valence-corrected chi connectivity index (χ3v) is 3.66. The Labute approximate surface area is 134 Å². The average Bonchev–Trinajstić information content (AvgIpc) is 2.49. The minimum absolute atomic E-state index is 0.164. The van der Waals surface area contributed by atoms with Gasteiger partial charge in [-0.15, -0.1) is 0 Å². The number of rotatable bonds is 5. The lowest BCUT2D eigenvalue weighted by molar-refractivity contribution is -0.385. The number of ether oxygens (including phenoxy) is 2. The summed E-state index contributed by atoms with van der Waals surface area (Å²) in [6.45, 7) is 0. The monoisotopic (exact) mass is 371 g/mol. The molecular weight excluding hydrogens is 362 g/mol. The summed E-state index contributed by atoms with van der Waals surface area (Å²) in [6.07, 6.45) is 0. The maximum atomic E-state index is 11.0. The van der Waals surface area contributed by atoms with Crippen molar-refractivity contribution in [2.24, 2.45) is 0 Å². The zero-order valence-corrected chi connectivity index (χ0v) is 13.3. The fourth-order valence-electron chi connectivity index (χ4n) is 1.77. The number of para-hydroxylation sites is 1. The topological polar surface area (TPSA) is 61.6 Å². The highest BCUT2D eigenvalue weighted by atomic mass is 79.9. The first-order chi connectivity index (χ1) is 10.1. The number of alkyl halides is 1. The van der Waals surface area contributed by atoms with Gasteiger partial charge in [0.05, 0.1) is 23.1 Å². The van der Waals surface area contributed by atoms with Gasteiger partial charge in [-0.3, -0.25) is 10.1 Å². The van der Waals surface area contributed by atoms with Crippen LogP contribution in [0.25, 0.3) is 0 Å². The maximum absolute atomic E-state index is 11.0. The molecule has 0 aromatic heterocycles. The van der Waals surface area contributed by atoms with Crippen LogP contribution in [-0.2, 0) is 5.33 Å². The van der Waals surface area contributed by atoms with E-state index >= 15 is 0 Å². The molecule has 2 aromatic rings. The van der Waals surface area contributed by atoms with Crippen LogP contribution in [0.4, 0.5) is 5.69 Å². The minimum Gasteiger partial charge on any atom is -0.490 e. The first kappa shape index (κ1) is 15.6. The molecule has 0 aliphatic heterocycles. The Balaban J connectivity index is 2.41. The Kier molecular flexibility index (Phi) is 5.03. The molecule has 2 aromatic carbocycles. The molecule has 0 fully saturated rings. The van der Waals surface area contributed by atoms with Crippen molar-refractivity contribution in [3.8, 4) is 17.2 Å². The molecule has 0 N–H and O–H groups in total. The Hall–Kier alpha value is -1.79. The molecule has 0 aliphatic carbocycles. The second-order valence-electron chi connectivity index (χ2n) is 4.05. The third-order valence-electron chi connectivity index (χ3n) is 2.76. The summed E-state index contributed by atoms with van der Waals surface area (Å²) in [7, 11) is 1.37. The van der Waals surface area contributed by atoms with Gasteiger partial charge in [0.15, 0.2) is 5.75 Å². The molecule has 5 nitrogen and oxygen atoms in total. The van der Waals surface area contributed by atoms with Gasteiger partial charge in [-0.25, -0.2) is 0 Å². The third kappa shape index (κ3) is 3.46. The molecule has 21 heavy (non-hydrogen) atoms. The first-order valence-electron chi connectivity index (χ1n) is 5.90. The van der Waals surface area contributed by atoms with E-state index in [0.717, 1.165) is 5.56 Å². The Bertz CT molecular complexity index is 678. The van der Waals surface area contributed by atoms with Gasteiger partial charge in [-0.2, -0.15) is 0 Å². The highest BCUT2D eigenvalue weighted by Gasteiger charge is 2.17. The summed E-state index contributed by atoms with van der Waals surface area (Å²) in [6, 6.07) is 9.74. The van der Waals surface area contributed by atoms with Crippen molar-refractivity contribution in [1.29, 1.82) is 0 Å². The fraction of sp³-hybridized carbons (Fsp3) is 0.143. The second-order valence-corrected chi connectivity index (χ2v) is 5.02. The quantitative estimate of drug-likeness (QED) is 0.423. The molecule has 110 valence electrons. The highest BCUT2D eigenvalue weighted by molar-refractivity contribution is 9.08. The summed E-state index contributed by atoms with van der Waals surface area (Å²) in [5.41, 5.74) is 0.684. The van der Waals surface area contributed by atoms with Crippen molar-refractivity contribution < 1.29 is 14.4 Å². The van der Waals surface area contributed by atoms with E-state index in [9.17, 15) is 10.1 Å². The lowest BCUT2D eigenvalue weighted by Crippen LogP contribution is -1.95. The second kappa shape index (κ2) is 6.78. The van der Waals surface area contributed by atoms with Crippen LogP contribution in [0, 0.1) is 10.1 Å². The molecule has 0 atom stereocenters. The minimum atomic E-state index is -0.524. The molecule has 0 heterocycles. The number of methoxy groups -OCH3 is 1. The average molecular weight is 373 g/mol. The van der Waals surface area contributed by atoms with Crippen molar-refractivity contribution in [1.82, 2.24) is 0 Å². The van der Waals surface area contributed by atoms with Crippen LogP contribution in [-0.4, -0.2) is 12.0 Å². The van der Waals surface area contributed by atoms with Crippen LogP contribution in [0.2, 0.25) is 5.02 Å². The van der Waals surface area contributed by atoms with E-state index in [4.69, 9.17) is 21.1 Å². The van der Waals surface area contributed by atoms with Crippen molar-refractivity contribution >= 4 is 33.2 Å². The van der Waals surface area contributed by atoms with Gasteiger partial charge in [0.25, 0.3) is 0 Å². The SMILES string of the molecule is COc1ccc(Oc2c(Cl)cccc2CBr)cc1[N+](=O)[O-]. The van der Waals surface area contributed by atoms with E-state index in [0.29, 0.717) is 21.9 Å². The number of halogens is 2. The van der Waals surface area contributed by atoms with Gasteiger partial charge in [-0.05, 0) is 18.2 Å². The van der Waals surface area contributed by atoms with Crippen molar-refractivity contribution in [3.05, 3.63) is 57.1 Å². The van der Waals surface area contributed by atoms with E-state index in [1.807, 2.05) is 12.1 Å². The number of hydrogen-bond donors (Lipinski definition) is 0. The lowest BCUT2D eigenvalue weighted by Gasteiger charge is -2.12. The predicted octanol–water partition coefficient (Wildman–Crippen LogP) is 4.94. The van der Waals surface area contributed by atoms with Crippen LogP contribution < -0.4 is 9.47 Å². The molecule has 0 unspecified atom stereocenters. The van der Waals surface area contributed by atoms with Crippen molar-refractivity contribution in [3.63, 3.8) is 0 Å². The van der Waals surface area contributed by atoms with E-state index in [1.165, 1.54) is 19.2 Å². The zero-order chi connectivity index (χ0) is 15.4. The molecule has 0 amide bonds. The molecule has 0 saturated carbocycles. The zero-order valence-electron chi connectivity index (χ0n) is 11.0. The number of hydrogen-bond acceptors (Lipinski definition) is 4. The number of nitro benzene ring substituents is 1. The summed E-state index contributed by atoms with van der Waals surface area (Å²) >= 11 is 9.46. The van der Waals surface area contributed by atoms with Crippen LogP contribution in [0.15, 0.2) is 36.4 Å². The van der Waals surface area contributed by atoms with Gasteiger partial charge in [0, 0.05) is 10.9 Å². The van der Waals surface area contributed by atoms with Gasteiger partial charge >= 0.3 is 5.69 Å². The molecule has 7 heteroatoms. The lowest BCUT2D eigenvalue weighted by atomic mass is 10.2. The standard InChI is InChI=1S/C14H11BrClNO4/c1-20-13-6-5-10(7-12(13)17(18)19)21-14-9(8-15)3-2-4-11(14)16/h2-7H,8H2,1H3. The number of nitro groups is 1. The maximum Gasteiger partial charge on any atom is 0.314 e. The van der Waals surface area contributed by atoms with E-state index < -0.39 is 4.92 Å². The highest BCUT2D eigenvalue weighted by Crippen LogP contribution is 2.37. The van der Waals surface area contributed by atoms with Crippen LogP contribution >= 0.6 is 27.5 Å². The van der Waals surface area contributed by atoms with E-state index in [1.54, 1.807) is 12.1 Å². The smallest absolute Gasteiger partial charge is 0.314 e. The van der Waals surface area contributed by atoms with Crippen molar-refractivity contribution in [2.75, 3.05) is 7.11 Å². The normalized spacial score (nSPS) is 10.2. The Morgan fingerprint density at radius 3 is 2.71 bits per heavy atom. The van der Waals surface area contributed by atoms with E-state index in [-0.39, 0.29) is 11.4 Å². The summed E-state index contributed by atoms with van der Waals surface area (Å²) in [5.74, 6) is 0.959. The molecule has 0 aliphatic rings. The van der Waals surface area contributed by atoms with Crippen molar-refractivity contribution in [2.45, 2.75) is 5.33 Å². The molecule has 0 spiro atoms. The van der Waals surface area contributed by atoms with Crippen LogP contribution in [0.5, 0.6) is 17.2 Å². The fourth-order valence-corrected chi connectivity index (χ4v) is 2.44. The van der Waals surface area contributed by atoms with Gasteiger partial charge < -0.3 is 9.47 Å². The molecule has 0 saturated heterocycles. The number of benzene rings is 2. The van der Waals surface area contributed by atoms with Gasteiger partial charge in [-0.1, -0.05) is 39.7 Å². The largest absolute Gasteiger partial charge is 0.490 e. The van der Waals surface area contributed by atoms with Gasteiger partial charge in [0.1, 0.15) is 11.5 Å². The summed E-state index contributed by atoms with van der Waals surface area (Å²) < 4.78 is 10.6. The van der Waals surface area contributed by atoms with Crippen LogP contribution in [0.3, 0.4) is 0 Å². The van der Waals surface area contributed by atoms with Gasteiger partial charge in [0.2, 0.25) is 0 Å². The molecule has 0 radical (unpaired) electrons. The molecule has 2 rings (SSSR count). The Morgan fingerprint density at radius 2 is 2.10 bits per heavy atom. The first-order valence-corrected chi connectivity index (χ1v) is 7.40. The molecule has 0 bridgehead atoms. The molecular formula is C14H11BrClNO4. The summed E-state index contributed by atoms with van der Waals surface area (Å²) in [4.78, 5) is 10.5. The number of nitrogens with zero attached hydrogens (tertiary/aromatic N) is 1. The summed E-state index contributed by atoms with van der Waals surface area (Å²) in [5, 5.41) is 12.0. The Morgan fingerprint density at radius 1 is 1.33 bits per heavy atom. The van der Waals surface area contributed by atoms with Crippen LogP contribution in [0.1, 0.15) is 5.56 Å². The predicted molar refractivity (Wildman–Crippen MR) is 83.8 cm³/mol.